The molecule has 0 saturated carbocycles. The van der Waals surface area contributed by atoms with Gasteiger partial charge in [-0.1, -0.05) is 19.9 Å². The highest BCUT2D eigenvalue weighted by Gasteiger charge is 2.11. The van der Waals surface area contributed by atoms with Crippen LogP contribution in [0.3, 0.4) is 0 Å². The average molecular weight is 262 g/mol. The molecule has 0 radical (unpaired) electrons. The Morgan fingerprint density at radius 3 is 2.67 bits per heavy atom. The summed E-state index contributed by atoms with van der Waals surface area (Å²) in [7, 11) is 1.69. The van der Waals surface area contributed by atoms with Gasteiger partial charge in [-0.05, 0) is 41.2 Å². The van der Waals surface area contributed by atoms with Gasteiger partial charge >= 0.3 is 0 Å². The Hall–Kier alpha value is -1.39. The lowest BCUT2D eigenvalue weighted by Crippen LogP contribution is -1.93. The predicted octanol–water partition coefficient (Wildman–Crippen LogP) is 3.40. The van der Waals surface area contributed by atoms with Gasteiger partial charge in [0.15, 0.2) is 0 Å². The summed E-state index contributed by atoms with van der Waals surface area (Å²) in [6.45, 7) is 4.87. The van der Waals surface area contributed by atoms with Gasteiger partial charge in [-0.3, -0.25) is 0 Å². The van der Waals surface area contributed by atoms with Crippen LogP contribution in [0.5, 0.6) is 5.75 Å². The SMILES string of the molecule is COc1cc(C(C)C)ccc1-c1cc(CN)sn1. The lowest BCUT2D eigenvalue weighted by Gasteiger charge is -2.11. The van der Waals surface area contributed by atoms with Crippen molar-refractivity contribution in [2.75, 3.05) is 7.11 Å². The van der Waals surface area contributed by atoms with Crippen LogP contribution in [0.4, 0.5) is 0 Å². The molecule has 0 aliphatic heterocycles. The van der Waals surface area contributed by atoms with Crippen LogP contribution in [-0.2, 0) is 6.54 Å². The van der Waals surface area contributed by atoms with Gasteiger partial charge in [0.1, 0.15) is 5.75 Å². The zero-order valence-electron chi connectivity index (χ0n) is 10.9. The molecule has 4 heteroatoms. The van der Waals surface area contributed by atoms with Crippen LogP contribution in [0.25, 0.3) is 11.3 Å². The molecule has 2 N–H and O–H groups in total. The van der Waals surface area contributed by atoms with E-state index in [9.17, 15) is 0 Å². The predicted molar refractivity (Wildman–Crippen MR) is 76.1 cm³/mol. The van der Waals surface area contributed by atoms with Gasteiger partial charge in [0.05, 0.1) is 12.8 Å². The summed E-state index contributed by atoms with van der Waals surface area (Å²) in [6, 6.07) is 8.31. The number of rotatable bonds is 4. The van der Waals surface area contributed by atoms with E-state index < -0.39 is 0 Å². The van der Waals surface area contributed by atoms with E-state index in [1.165, 1.54) is 17.1 Å². The third-order valence-electron chi connectivity index (χ3n) is 2.93. The van der Waals surface area contributed by atoms with Crippen molar-refractivity contribution in [3.05, 3.63) is 34.7 Å². The minimum Gasteiger partial charge on any atom is -0.496 e. The largest absolute Gasteiger partial charge is 0.496 e. The first-order valence-corrected chi connectivity index (χ1v) is 6.77. The number of benzene rings is 1. The molecule has 0 bridgehead atoms. The number of hydrogen-bond acceptors (Lipinski definition) is 4. The molecule has 0 unspecified atom stereocenters. The zero-order valence-corrected chi connectivity index (χ0v) is 11.8. The van der Waals surface area contributed by atoms with Crippen molar-refractivity contribution in [2.45, 2.75) is 26.3 Å². The Labute approximate surface area is 112 Å². The summed E-state index contributed by atoms with van der Waals surface area (Å²) in [5, 5.41) is 0. The zero-order chi connectivity index (χ0) is 13.1. The Morgan fingerprint density at radius 2 is 2.11 bits per heavy atom. The summed E-state index contributed by atoms with van der Waals surface area (Å²) < 4.78 is 9.89. The molecule has 2 rings (SSSR count). The van der Waals surface area contributed by atoms with E-state index in [0.29, 0.717) is 12.5 Å². The summed E-state index contributed by atoms with van der Waals surface area (Å²) in [6.07, 6.45) is 0. The van der Waals surface area contributed by atoms with E-state index in [1.54, 1.807) is 7.11 Å². The second-order valence-electron chi connectivity index (χ2n) is 4.50. The highest BCUT2D eigenvalue weighted by Crippen LogP contribution is 2.33. The molecule has 0 atom stereocenters. The minimum absolute atomic E-state index is 0.489. The number of ether oxygens (including phenoxy) is 1. The average Bonchev–Trinajstić information content (AvgIpc) is 2.86. The summed E-state index contributed by atoms with van der Waals surface area (Å²) in [5.74, 6) is 1.36. The Balaban J connectivity index is 2.44. The first-order chi connectivity index (χ1) is 8.65. The normalized spacial score (nSPS) is 10.9. The van der Waals surface area contributed by atoms with E-state index in [4.69, 9.17) is 10.5 Å². The van der Waals surface area contributed by atoms with E-state index >= 15 is 0 Å². The molecular weight excluding hydrogens is 244 g/mol. The molecule has 96 valence electrons. The summed E-state index contributed by atoms with van der Waals surface area (Å²) >= 11 is 1.44. The van der Waals surface area contributed by atoms with E-state index in [-0.39, 0.29) is 0 Å². The molecule has 0 aliphatic carbocycles. The fraction of sp³-hybridized carbons (Fsp3) is 0.357. The fourth-order valence-electron chi connectivity index (χ4n) is 1.81. The minimum atomic E-state index is 0.489. The molecule has 0 spiro atoms. The number of aromatic nitrogens is 1. The van der Waals surface area contributed by atoms with Gasteiger partial charge in [-0.25, -0.2) is 0 Å². The molecule has 2 aromatic rings. The fourth-order valence-corrected chi connectivity index (χ4v) is 2.42. The van der Waals surface area contributed by atoms with Gasteiger partial charge in [-0.15, -0.1) is 0 Å². The maximum absolute atomic E-state index is 5.61. The maximum Gasteiger partial charge on any atom is 0.128 e. The lowest BCUT2D eigenvalue weighted by molar-refractivity contribution is 0.415. The van der Waals surface area contributed by atoms with Crippen molar-refractivity contribution < 1.29 is 4.74 Å². The molecule has 0 fully saturated rings. The quantitative estimate of drug-likeness (QED) is 0.918. The third kappa shape index (κ3) is 2.54. The Morgan fingerprint density at radius 1 is 1.33 bits per heavy atom. The van der Waals surface area contributed by atoms with Crippen LogP contribution < -0.4 is 10.5 Å². The van der Waals surface area contributed by atoms with E-state index in [2.05, 4.69) is 36.4 Å². The lowest BCUT2D eigenvalue weighted by atomic mass is 10.00. The van der Waals surface area contributed by atoms with Crippen LogP contribution in [0.1, 0.15) is 30.2 Å². The van der Waals surface area contributed by atoms with Gasteiger partial charge in [-0.2, -0.15) is 4.37 Å². The topological polar surface area (TPSA) is 48.1 Å². The number of nitrogens with zero attached hydrogens (tertiary/aromatic N) is 1. The molecule has 0 saturated heterocycles. The van der Waals surface area contributed by atoms with E-state index in [1.807, 2.05) is 6.07 Å². The number of hydrogen-bond donors (Lipinski definition) is 1. The summed E-state index contributed by atoms with van der Waals surface area (Å²) in [5.41, 5.74) is 8.85. The van der Waals surface area contributed by atoms with Crippen molar-refractivity contribution in [2.24, 2.45) is 5.73 Å². The Kier molecular flexibility index (Phi) is 3.99. The highest BCUT2D eigenvalue weighted by atomic mass is 32.1. The standard InChI is InChI=1S/C14H18N2OS/c1-9(2)10-4-5-12(14(6-10)17-3)13-7-11(8-15)18-16-13/h4-7,9H,8,15H2,1-3H3. The molecule has 1 heterocycles. The van der Waals surface area contributed by atoms with Crippen LogP contribution in [0.15, 0.2) is 24.3 Å². The first-order valence-electron chi connectivity index (χ1n) is 5.99. The van der Waals surface area contributed by atoms with Gasteiger partial charge in [0.2, 0.25) is 0 Å². The molecule has 1 aromatic heterocycles. The highest BCUT2D eigenvalue weighted by molar-refractivity contribution is 7.06. The summed E-state index contributed by atoms with van der Waals surface area (Å²) in [4.78, 5) is 1.08. The molecule has 0 amide bonds. The van der Waals surface area contributed by atoms with Crippen LogP contribution in [0.2, 0.25) is 0 Å². The molecule has 1 aromatic carbocycles. The molecule has 3 nitrogen and oxygen atoms in total. The number of nitrogens with two attached hydrogens (primary N) is 1. The van der Waals surface area contributed by atoms with Gasteiger partial charge in [0.25, 0.3) is 0 Å². The van der Waals surface area contributed by atoms with Crippen LogP contribution >= 0.6 is 11.5 Å². The third-order valence-corrected chi connectivity index (χ3v) is 3.74. The van der Waals surface area contributed by atoms with Crippen LogP contribution in [0, 0.1) is 0 Å². The van der Waals surface area contributed by atoms with Crippen molar-refractivity contribution in [3.8, 4) is 17.0 Å². The van der Waals surface area contributed by atoms with Crippen molar-refractivity contribution in [3.63, 3.8) is 0 Å². The maximum atomic E-state index is 5.61. The van der Waals surface area contributed by atoms with Gasteiger partial charge < -0.3 is 10.5 Å². The van der Waals surface area contributed by atoms with Crippen LogP contribution in [-0.4, -0.2) is 11.5 Å². The number of methoxy groups -OCH3 is 1. The second-order valence-corrected chi connectivity index (χ2v) is 5.39. The second kappa shape index (κ2) is 5.50. The van der Waals surface area contributed by atoms with Crippen molar-refractivity contribution in [1.82, 2.24) is 4.37 Å². The monoisotopic (exact) mass is 262 g/mol. The smallest absolute Gasteiger partial charge is 0.128 e. The van der Waals surface area contributed by atoms with E-state index in [0.717, 1.165) is 21.9 Å². The first kappa shape index (κ1) is 13.1. The van der Waals surface area contributed by atoms with Gasteiger partial charge in [0, 0.05) is 17.0 Å². The van der Waals surface area contributed by atoms with Crippen molar-refractivity contribution >= 4 is 11.5 Å². The Bertz CT molecular complexity index is 534. The molecule has 18 heavy (non-hydrogen) atoms. The molecule has 0 aliphatic rings. The molecular formula is C14H18N2OS. The van der Waals surface area contributed by atoms with Crippen molar-refractivity contribution in [1.29, 1.82) is 0 Å².